The summed E-state index contributed by atoms with van der Waals surface area (Å²) in [4.78, 5) is 20.8. The molecule has 8 rings (SSSR count). The third-order valence-electron chi connectivity index (χ3n) is 9.90. The van der Waals surface area contributed by atoms with Crippen molar-refractivity contribution in [1.82, 2.24) is 29.4 Å². The smallest absolute Gasteiger partial charge is 0.232 e. The molecule has 5 heterocycles. The van der Waals surface area contributed by atoms with Gasteiger partial charge in [0, 0.05) is 41.7 Å². The van der Waals surface area contributed by atoms with Gasteiger partial charge >= 0.3 is 0 Å². The third-order valence-corrected chi connectivity index (χ3v) is 9.90. The number of nitrogens with zero attached hydrogens (tertiary/aromatic N) is 7. The Labute approximate surface area is 257 Å². The van der Waals surface area contributed by atoms with E-state index in [-0.39, 0.29) is 11.2 Å². The molecule has 0 N–H and O–H groups in total. The van der Waals surface area contributed by atoms with E-state index in [2.05, 4.69) is 79.0 Å². The Bertz CT molecular complexity index is 1850. The van der Waals surface area contributed by atoms with Crippen LogP contribution in [0, 0.1) is 17.2 Å². The van der Waals surface area contributed by atoms with Crippen molar-refractivity contribution in [2.45, 2.75) is 50.8 Å². The van der Waals surface area contributed by atoms with Crippen LogP contribution in [-0.4, -0.2) is 42.5 Å². The highest BCUT2D eigenvalue weighted by molar-refractivity contribution is 5.83. The SMILES string of the molecule is N#Cc1nccc(C2(C3CCN(Cc4ccc(-c5nc6n(c5-c5ccccc5)COc5ccncc5-6)cc4)CC3)CCC2)n1. The highest BCUT2D eigenvalue weighted by Crippen LogP contribution is 2.52. The van der Waals surface area contributed by atoms with Gasteiger partial charge in [0.2, 0.25) is 5.82 Å². The summed E-state index contributed by atoms with van der Waals surface area (Å²) >= 11 is 0. The summed E-state index contributed by atoms with van der Waals surface area (Å²) in [5, 5.41) is 9.33. The van der Waals surface area contributed by atoms with Crippen molar-refractivity contribution >= 4 is 0 Å². The van der Waals surface area contributed by atoms with Gasteiger partial charge in [0.1, 0.15) is 17.6 Å². The number of pyridine rings is 1. The maximum atomic E-state index is 9.33. The van der Waals surface area contributed by atoms with Gasteiger partial charge < -0.3 is 4.74 Å². The van der Waals surface area contributed by atoms with E-state index in [4.69, 9.17) is 9.72 Å². The molecule has 0 amide bonds. The van der Waals surface area contributed by atoms with Gasteiger partial charge in [-0.2, -0.15) is 5.26 Å². The van der Waals surface area contributed by atoms with Crippen LogP contribution in [0.25, 0.3) is 33.9 Å². The van der Waals surface area contributed by atoms with Crippen LogP contribution in [-0.2, 0) is 18.7 Å². The third kappa shape index (κ3) is 4.56. The number of nitriles is 1. The zero-order chi connectivity index (χ0) is 29.5. The summed E-state index contributed by atoms with van der Waals surface area (Å²) in [5.41, 5.74) is 7.62. The monoisotopic (exact) mass is 579 g/mol. The lowest BCUT2D eigenvalue weighted by Crippen LogP contribution is -2.47. The minimum atomic E-state index is 0.115. The van der Waals surface area contributed by atoms with Crippen LogP contribution in [0.1, 0.15) is 49.2 Å². The fourth-order valence-electron chi connectivity index (χ4n) is 7.47. The number of benzene rings is 2. The predicted molar refractivity (Wildman–Crippen MR) is 167 cm³/mol. The molecule has 1 saturated carbocycles. The van der Waals surface area contributed by atoms with Gasteiger partial charge in [-0.25, -0.2) is 15.0 Å². The first-order valence-corrected chi connectivity index (χ1v) is 15.5. The highest BCUT2D eigenvalue weighted by atomic mass is 16.5. The number of ether oxygens (including phenoxy) is 1. The molecule has 0 spiro atoms. The molecular weight excluding hydrogens is 546 g/mol. The van der Waals surface area contributed by atoms with E-state index < -0.39 is 0 Å². The van der Waals surface area contributed by atoms with Gasteiger partial charge in [-0.05, 0) is 62.4 Å². The van der Waals surface area contributed by atoms with E-state index in [1.54, 1.807) is 12.4 Å². The molecule has 0 bridgehead atoms. The maximum absolute atomic E-state index is 9.33. The van der Waals surface area contributed by atoms with Crippen molar-refractivity contribution < 1.29 is 4.74 Å². The number of piperidine rings is 1. The number of hydrogen-bond donors (Lipinski definition) is 0. The molecule has 8 heteroatoms. The second-order valence-electron chi connectivity index (χ2n) is 12.2. The molecule has 218 valence electrons. The molecule has 1 saturated heterocycles. The summed E-state index contributed by atoms with van der Waals surface area (Å²) in [5.74, 6) is 2.59. The van der Waals surface area contributed by atoms with Gasteiger partial charge in [-0.3, -0.25) is 14.5 Å². The maximum Gasteiger partial charge on any atom is 0.232 e. The molecule has 3 aliphatic rings. The van der Waals surface area contributed by atoms with Crippen LogP contribution >= 0.6 is 0 Å². The van der Waals surface area contributed by atoms with Gasteiger partial charge in [0.25, 0.3) is 0 Å². The van der Waals surface area contributed by atoms with Crippen molar-refractivity contribution in [3.63, 3.8) is 0 Å². The Balaban J connectivity index is 1.01. The summed E-state index contributed by atoms with van der Waals surface area (Å²) in [7, 11) is 0. The van der Waals surface area contributed by atoms with Gasteiger partial charge in [-0.15, -0.1) is 0 Å². The molecule has 0 atom stereocenters. The van der Waals surface area contributed by atoms with E-state index in [1.807, 2.05) is 24.4 Å². The van der Waals surface area contributed by atoms with Crippen LogP contribution < -0.4 is 4.74 Å². The molecule has 8 nitrogen and oxygen atoms in total. The number of rotatable bonds is 6. The number of imidazole rings is 1. The molecule has 5 aromatic rings. The quantitative estimate of drug-likeness (QED) is 0.223. The first-order chi connectivity index (χ1) is 21.7. The van der Waals surface area contributed by atoms with Crippen molar-refractivity contribution in [3.05, 3.63) is 102 Å². The van der Waals surface area contributed by atoms with Gasteiger partial charge in [0.15, 0.2) is 6.73 Å². The minimum Gasteiger partial charge on any atom is -0.472 e. The number of hydrogen-bond acceptors (Lipinski definition) is 7. The standard InChI is InChI=1S/C36H33N7O/c37-21-32-39-18-12-31(40-32)36(15-4-16-36)28-13-19-42(20-14-28)23-25-7-9-26(10-8-25)33-34(27-5-2-1-3-6-27)43-24-44-30-11-17-38-22-29(30)35(43)41-33/h1-3,5-12,17-18,22,28H,4,13-16,19-20,23-24H2. The van der Waals surface area contributed by atoms with Crippen LogP contribution in [0.2, 0.25) is 0 Å². The molecule has 0 unspecified atom stereocenters. The Morgan fingerprint density at radius 3 is 2.48 bits per heavy atom. The summed E-state index contributed by atoms with van der Waals surface area (Å²) in [6, 6.07) is 25.4. The first kappa shape index (κ1) is 26.7. The summed E-state index contributed by atoms with van der Waals surface area (Å²) in [6.45, 7) is 3.49. The number of aromatic nitrogens is 5. The second kappa shape index (κ2) is 11.0. The van der Waals surface area contributed by atoms with Crippen molar-refractivity contribution in [2.24, 2.45) is 5.92 Å². The van der Waals surface area contributed by atoms with Gasteiger partial charge in [0.05, 0.1) is 22.6 Å². The van der Waals surface area contributed by atoms with Crippen LogP contribution in [0.4, 0.5) is 0 Å². The largest absolute Gasteiger partial charge is 0.472 e. The van der Waals surface area contributed by atoms with E-state index in [9.17, 15) is 5.26 Å². The van der Waals surface area contributed by atoms with Crippen LogP contribution in [0.3, 0.4) is 0 Å². The van der Waals surface area contributed by atoms with E-state index in [0.29, 0.717) is 12.6 Å². The summed E-state index contributed by atoms with van der Waals surface area (Å²) in [6.07, 6.45) is 11.2. The van der Waals surface area contributed by atoms with Crippen LogP contribution in [0.5, 0.6) is 5.75 Å². The molecule has 2 aromatic carbocycles. The van der Waals surface area contributed by atoms with E-state index in [1.165, 1.54) is 12.0 Å². The lowest BCUT2D eigenvalue weighted by Gasteiger charge is -2.50. The first-order valence-electron chi connectivity index (χ1n) is 15.5. The normalized spacial score (nSPS) is 17.5. The Morgan fingerprint density at radius 1 is 0.909 bits per heavy atom. The minimum absolute atomic E-state index is 0.115. The van der Waals surface area contributed by atoms with Crippen molar-refractivity contribution in [3.8, 4) is 45.7 Å². The topological polar surface area (TPSA) is 92.8 Å². The fourth-order valence-corrected chi connectivity index (χ4v) is 7.47. The molecule has 44 heavy (non-hydrogen) atoms. The molecule has 2 aliphatic heterocycles. The fraction of sp³-hybridized carbons (Fsp3) is 0.306. The Kier molecular flexibility index (Phi) is 6.68. The molecule has 0 radical (unpaired) electrons. The van der Waals surface area contributed by atoms with E-state index in [0.717, 1.165) is 90.7 Å². The zero-order valence-corrected chi connectivity index (χ0v) is 24.6. The van der Waals surface area contributed by atoms with Crippen LogP contribution in [0.15, 0.2) is 85.3 Å². The second-order valence-corrected chi connectivity index (χ2v) is 12.2. The Morgan fingerprint density at radius 2 is 1.73 bits per heavy atom. The predicted octanol–water partition coefficient (Wildman–Crippen LogP) is 6.62. The number of fused-ring (bicyclic) bond motifs is 3. The highest BCUT2D eigenvalue weighted by Gasteiger charge is 2.47. The van der Waals surface area contributed by atoms with Crippen molar-refractivity contribution in [2.75, 3.05) is 13.1 Å². The average molecular weight is 580 g/mol. The number of likely N-dealkylation sites (tertiary alicyclic amines) is 1. The zero-order valence-electron chi connectivity index (χ0n) is 24.6. The van der Waals surface area contributed by atoms with Gasteiger partial charge in [-0.1, -0.05) is 61.0 Å². The molecule has 2 fully saturated rings. The average Bonchev–Trinajstić information content (AvgIpc) is 3.46. The summed E-state index contributed by atoms with van der Waals surface area (Å²) < 4.78 is 8.26. The molecular formula is C36H33N7O. The molecule has 1 aliphatic carbocycles. The lowest BCUT2D eigenvalue weighted by molar-refractivity contribution is 0.0680. The van der Waals surface area contributed by atoms with E-state index >= 15 is 0 Å². The Hall–Kier alpha value is -4.87. The lowest BCUT2D eigenvalue weighted by atomic mass is 9.57. The molecule has 3 aromatic heterocycles. The van der Waals surface area contributed by atoms with Crippen molar-refractivity contribution in [1.29, 1.82) is 5.26 Å².